The zero-order valence-corrected chi connectivity index (χ0v) is 11.5. The van der Waals surface area contributed by atoms with E-state index in [0.717, 1.165) is 12.8 Å². The van der Waals surface area contributed by atoms with Crippen LogP contribution >= 0.6 is 11.6 Å². The summed E-state index contributed by atoms with van der Waals surface area (Å²) < 4.78 is 5.68. The highest BCUT2D eigenvalue weighted by Gasteiger charge is 2.26. The molecule has 0 N–H and O–H groups in total. The molecule has 0 radical (unpaired) electrons. The van der Waals surface area contributed by atoms with Gasteiger partial charge in [-0.2, -0.15) is 0 Å². The van der Waals surface area contributed by atoms with E-state index < -0.39 is 0 Å². The summed E-state index contributed by atoms with van der Waals surface area (Å²) in [6.45, 7) is 1.83. The first-order valence-corrected chi connectivity index (χ1v) is 7.00. The van der Waals surface area contributed by atoms with Crippen molar-refractivity contribution in [3.05, 3.63) is 29.3 Å². The zero-order valence-electron chi connectivity index (χ0n) is 10.7. The van der Waals surface area contributed by atoms with Gasteiger partial charge in [-0.25, -0.2) is 0 Å². The predicted octanol–water partition coefficient (Wildman–Crippen LogP) is 4.26. The highest BCUT2D eigenvalue weighted by Crippen LogP contribution is 2.26. The van der Waals surface area contributed by atoms with E-state index in [1.807, 2.05) is 19.1 Å². The molecule has 0 spiro atoms. The Kier molecular flexibility index (Phi) is 4.65. The molecule has 0 saturated heterocycles. The fraction of sp³-hybridized carbons (Fsp3) is 0.533. The third-order valence-corrected chi connectivity index (χ3v) is 3.75. The quantitative estimate of drug-likeness (QED) is 0.814. The fourth-order valence-electron chi connectivity index (χ4n) is 2.52. The lowest BCUT2D eigenvalue weighted by Gasteiger charge is -2.23. The number of hydrogen-bond donors (Lipinski definition) is 0. The molecule has 0 amide bonds. The van der Waals surface area contributed by atoms with Crippen LogP contribution in [0.5, 0.6) is 5.75 Å². The number of carbonyl (C=O) groups is 1. The van der Waals surface area contributed by atoms with Crippen molar-refractivity contribution in [3.8, 4) is 5.75 Å². The van der Waals surface area contributed by atoms with Gasteiger partial charge in [0.25, 0.3) is 0 Å². The highest BCUT2D eigenvalue weighted by molar-refractivity contribution is 6.30. The SMILES string of the molecule is CC(Oc1cccc(Cl)c1)C(=O)C1CCCCC1. The van der Waals surface area contributed by atoms with E-state index in [1.54, 1.807) is 12.1 Å². The summed E-state index contributed by atoms with van der Waals surface area (Å²) in [6, 6.07) is 7.19. The van der Waals surface area contributed by atoms with Crippen LogP contribution in [0, 0.1) is 5.92 Å². The molecule has 2 rings (SSSR count). The van der Waals surface area contributed by atoms with Crippen molar-refractivity contribution in [1.82, 2.24) is 0 Å². The van der Waals surface area contributed by atoms with Crippen LogP contribution in [-0.2, 0) is 4.79 Å². The summed E-state index contributed by atoms with van der Waals surface area (Å²) >= 11 is 5.89. The van der Waals surface area contributed by atoms with Gasteiger partial charge < -0.3 is 4.74 Å². The van der Waals surface area contributed by atoms with Gasteiger partial charge in [-0.05, 0) is 38.0 Å². The van der Waals surface area contributed by atoms with Crippen molar-refractivity contribution in [2.45, 2.75) is 45.1 Å². The summed E-state index contributed by atoms with van der Waals surface area (Å²) in [5, 5.41) is 0.629. The molecule has 1 fully saturated rings. The summed E-state index contributed by atoms with van der Waals surface area (Å²) in [4.78, 5) is 12.2. The largest absolute Gasteiger partial charge is 0.483 e. The lowest BCUT2D eigenvalue weighted by molar-refractivity contribution is -0.130. The Labute approximate surface area is 113 Å². The van der Waals surface area contributed by atoms with Gasteiger partial charge in [0.15, 0.2) is 11.9 Å². The molecule has 0 aliphatic heterocycles. The standard InChI is InChI=1S/C15H19ClO2/c1-11(15(17)12-6-3-2-4-7-12)18-14-9-5-8-13(16)10-14/h5,8-12H,2-4,6-7H2,1H3. The van der Waals surface area contributed by atoms with Crippen LogP contribution in [0.2, 0.25) is 5.02 Å². The highest BCUT2D eigenvalue weighted by atomic mass is 35.5. The van der Waals surface area contributed by atoms with E-state index in [4.69, 9.17) is 16.3 Å². The number of hydrogen-bond acceptors (Lipinski definition) is 2. The summed E-state index contributed by atoms with van der Waals surface area (Å²) in [6.07, 6.45) is 5.24. The minimum atomic E-state index is -0.383. The minimum absolute atomic E-state index is 0.188. The molecule has 1 aliphatic rings. The van der Waals surface area contributed by atoms with Crippen molar-refractivity contribution < 1.29 is 9.53 Å². The second-order valence-electron chi connectivity index (χ2n) is 4.95. The van der Waals surface area contributed by atoms with E-state index >= 15 is 0 Å². The normalized spacial score (nSPS) is 18.3. The van der Waals surface area contributed by atoms with Crippen LogP contribution in [0.1, 0.15) is 39.0 Å². The first kappa shape index (κ1) is 13.4. The van der Waals surface area contributed by atoms with Crippen molar-refractivity contribution in [1.29, 1.82) is 0 Å². The molecule has 1 aromatic carbocycles. The van der Waals surface area contributed by atoms with E-state index in [-0.39, 0.29) is 17.8 Å². The monoisotopic (exact) mass is 266 g/mol. The smallest absolute Gasteiger partial charge is 0.176 e. The Morgan fingerprint density at radius 1 is 1.33 bits per heavy atom. The number of halogens is 1. The van der Waals surface area contributed by atoms with Gasteiger partial charge in [0.2, 0.25) is 0 Å². The molecule has 1 saturated carbocycles. The lowest BCUT2D eigenvalue weighted by atomic mass is 9.85. The molecule has 98 valence electrons. The van der Waals surface area contributed by atoms with Gasteiger partial charge in [-0.3, -0.25) is 4.79 Å². The van der Waals surface area contributed by atoms with Crippen molar-refractivity contribution in [2.24, 2.45) is 5.92 Å². The number of Topliss-reactive ketones (excluding diaryl/α,β-unsaturated/α-hetero) is 1. The molecule has 1 unspecified atom stereocenters. The summed E-state index contributed by atoms with van der Waals surface area (Å²) in [5.74, 6) is 1.08. The van der Waals surface area contributed by atoms with Gasteiger partial charge in [-0.1, -0.05) is 36.9 Å². The van der Waals surface area contributed by atoms with Crippen LogP contribution in [0.25, 0.3) is 0 Å². The van der Waals surface area contributed by atoms with E-state index in [2.05, 4.69) is 0 Å². The molecule has 2 nitrogen and oxygen atoms in total. The maximum absolute atomic E-state index is 12.2. The van der Waals surface area contributed by atoms with E-state index in [0.29, 0.717) is 10.8 Å². The zero-order chi connectivity index (χ0) is 13.0. The predicted molar refractivity (Wildman–Crippen MR) is 73.1 cm³/mol. The Hall–Kier alpha value is -1.02. The van der Waals surface area contributed by atoms with E-state index in [1.165, 1.54) is 19.3 Å². The summed E-state index contributed by atoms with van der Waals surface area (Å²) in [5.41, 5.74) is 0. The fourth-order valence-corrected chi connectivity index (χ4v) is 2.70. The van der Waals surface area contributed by atoms with Crippen molar-refractivity contribution in [2.75, 3.05) is 0 Å². The third kappa shape index (κ3) is 3.49. The molecular formula is C15H19ClO2. The number of benzene rings is 1. The van der Waals surface area contributed by atoms with Crippen LogP contribution < -0.4 is 4.74 Å². The second kappa shape index (κ2) is 6.24. The third-order valence-electron chi connectivity index (χ3n) is 3.52. The number of ether oxygens (including phenoxy) is 1. The Morgan fingerprint density at radius 3 is 2.72 bits per heavy atom. The van der Waals surface area contributed by atoms with Gasteiger partial charge >= 0.3 is 0 Å². The molecule has 0 bridgehead atoms. The van der Waals surface area contributed by atoms with E-state index in [9.17, 15) is 4.79 Å². The number of carbonyl (C=O) groups excluding carboxylic acids is 1. The number of rotatable bonds is 4. The Morgan fingerprint density at radius 2 is 2.06 bits per heavy atom. The van der Waals surface area contributed by atoms with Crippen LogP contribution in [0.4, 0.5) is 0 Å². The summed E-state index contributed by atoms with van der Waals surface area (Å²) in [7, 11) is 0. The van der Waals surface area contributed by atoms with Crippen molar-refractivity contribution in [3.63, 3.8) is 0 Å². The second-order valence-corrected chi connectivity index (χ2v) is 5.39. The Balaban J connectivity index is 1.94. The molecule has 0 heterocycles. The first-order valence-electron chi connectivity index (χ1n) is 6.63. The van der Waals surface area contributed by atoms with Crippen LogP contribution in [0.15, 0.2) is 24.3 Å². The van der Waals surface area contributed by atoms with Crippen LogP contribution in [0.3, 0.4) is 0 Å². The molecule has 18 heavy (non-hydrogen) atoms. The first-order chi connectivity index (χ1) is 8.66. The Bertz CT molecular complexity index is 411. The lowest BCUT2D eigenvalue weighted by Crippen LogP contribution is -2.31. The molecular weight excluding hydrogens is 248 g/mol. The molecule has 1 aromatic rings. The molecule has 3 heteroatoms. The molecule has 1 aliphatic carbocycles. The van der Waals surface area contributed by atoms with Crippen molar-refractivity contribution >= 4 is 17.4 Å². The molecule has 0 aromatic heterocycles. The average molecular weight is 267 g/mol. The minimum Gasteiger partial charge on any atom is -0.483 e. The topological polar surface area (TPSA) is 26.3 Å². The van der Waals surface area contributed by atoms with Gasteiger partial charge in [-0.15, -0.1) is 0 Å². The van der Waals surface area contributed by atoms with Gasteiger partial charge in [0.1, 0.15) is 5.75 Å². The van der Waals surface area contributed by atoms with Gasteiger partial charge in [0, 0.05) is 10.9 Å². The molecule has 1 atom stereocenters. The number of ketones is 1. The average Bonchev–Trinajstić information content (AvgIpc) is 2.39. The van der Waals surface area contributed by atoms with Crippen LogP contribution in [-0.4, -0.2) is 11.9 Å². The maximum atomic E-state index is 12.2. The van der Waals surface area contributed by atoms with Gasteiger partial charge in [0.05, 0.1) is 0 Å². The maximum Gasteiger partial charge on any atom is 0.176 e.